The SMILES string of the molecule is CCOC(=O)C1CCCN(C(=NC)NCc2ccccc2-n2ccnc2)C1. The molecule has 1 N–H and O–H groups in total. The molecule has 1 aromatic carbocycles. The molecule has 7 heteroatoms. The van der Waals surface area contributed by atoms with Crippen molar-refractivity contribution >= 4 is 11.9 Å². The molecule has 27 heavy (non-hydrogen) atoms. The Labute approximate surface area is 160 Å². The summed E-state index contributed by atoms with van der Waals surface area (Å²) in [6.07, 6.45) is 7.32. The molecule has 0 aliphatic carbocycles. The van der Waals surface area contributed by atoms with Crippen molar-refractivity contribution in [3.05, 3.63) is 48.5 Å². The van der Waals surface area contributed by atoms with Gasteiger partial charge in [-0.1, -0.05) is 18.2 Å². The van der Waals surface area contributed by atoms with E-state index in [1.165, 1.54) is 0 Å². The third-order valence-electron chi connectivity index (χ3n) is 4.76. The second-order valence-corrected chi connectivity index (χ2v) is 6.54. The lowest BCUT2D eigenvalue weighted by Gasteiger charge is -2.34. The molecule has 1 aliphatic rings. The van der Waals surface area contributed by atoms with Gasteiger partial charge in [0.25, 0.3) is 0 Å². The summed E-state index contributed by atoms with van der Waals surface area (Å²) in [7, 11) is 1.78. The summed E-state index contributed by atoms with van der Waals surface area (Å²) in [5.74, 6) is 0.614. The predicted octanol–water partition coefficient (Wildman–Crippen LogP) is 2.22. The molecular formula is C20H27N5O2. The highest BCUT2D eigenvalue weighted by molar-refractivity contribution is 5.81. The van der Waals surface area contributed by atoms with E-state index in [4.69, 9.17) is 4.74 Å². The molecule has 7 nitrogen and oxygen atoms in total. The first-order valence-corrected chi connectivity index (χ1v) is 9.41. The first-order chi connectivity index (χ1) is 13.2. The number of carbonyl (C=O) groups is 1. The summed E-state index contributed by atoms with van der Waals surface area (Å²) in [5.41, 5.74) is 2.23. The number of esters is 1. The smallest absolute Gasteiger partial charge is 0.310 e. The zero-order valence-corrected chi connectivity index (χ0v) is 16.0. The number of nitrogens with zero attached hydrogens (tertiary/aromatic N) is 4. The van der Waals surface area contributed by atoms with Crippen molar-refractivity contribution in [1.29, 1.82) is 0 Å². The fourth-order valence-electron chi connectivity index (χ4n) is 3.44. The van der Waals surface area contributed by atoms with Gasteiger partial charge in [-0.05, 0) is 31.4 Å². The van der Waals surface area contributed by atoms with Crippen LogP contribution in [-0.4, -0.2) is 53.1 Å². The third kappa shape index (κ3) is 4.67. The van der Waals surface area contributed by atoms with Gasteiger partial charge in [-0.15, -0.1) is 0 Å². The molecule has 0 bridgehead atoms. The van der Waals surface area contributed by atoms with Crippen molar-refractivity contribution in [1.82, 2.24) is 19.8 Å². The van der Waals surface area contributed by atoms with E-state index in [0.717, 1.165) is 36.6 Å². The number of carbonyl (C=O) groups excluding carboxylic acids is 1. The van der Waals surface area contributed by atoms with Gasteiger partial charge in [-0.3, -0.25) is 9.79 Å². The van der Waals surface area contributed by atoms with Crippen LogP contribution < -0.4 is 5.32 Å². The Kier molecular flexibility index (Phi) is 6.46. The lowest BCUT2D eigenvalue weighted by Crippen LogP contribution is -2.48. The van der Waals surface area contributed by atoms with Gasteiger partial charge in [0.2, 0.25) is 0 Å². The number of ether oxygens (including phenoxy) is 1. The van der Waals surface area contributed by atoms with Crippen LogP contribution in [-0.2, 0) is 16.1 Å². The standard InChI is InChI=1S/C20H27N5O2/c1-3-27-19(26)17-8-6-11-24(14-17)20(21-2)23-13-16-7-4-5-9-18(16)25-12-10-22-15-25/h4-5,7,9-10,12,15,17H,3,6,8,11,13-14H2,1-2H3,(H,21,23). The van der Waals surface area contributed by atoms with Gasteiger partial charge in [-0.25, -0.2) is 4.98 Å². The zero-order valence-electron chi connectivity index (χ0n) is 16.0. The number of piperidine rings is 1. The Hall–Kier alpha value is -2.83. The maximum absolute atomic E-state index is 12.1. The Morgan fingerprint density at radius 3 is 3.00 bits per heavy atom. The second-order valence-electron chi connectivity index (χ2n) is 6.54. The molecule has 2 aromatic rings. The summed E-state index contributed by atoms with van der Waals surface area (Å²) < 4.78 is 7.19. The number of guanidine groups is 1. The van der Waals surface area contributed by atoms with Gasteiger partial charge in [0.1, 0.15) is 0 Å². The number of rotatable bonds is 5. The van der Waals surface area contributed by atoms with Crippen molar-refractivity contribution in [2.75, 3.05) is 26.7 Å². The van der Waals surface area contributed by atoms with Crippen LogP contribution in [0.4, 0.5) is 0 Å². The number of nitrogens with one attached hydrogen (secondary N) is 1. The van der Waals surface area contributed by atoms with E-state index in [0.29, 0.717) is 19.7 Å². The lowest BCUT2D eigenvalue weighted by molar-refractivity contribution is -0.149. The molecule has 0 amide bonds. The second kappa shape index (κ2) is 9.21. The normalized spacial score (nSPS) is 17.6. The fraction of sp³-hybridized carbons (Fsp3) is 0.450. The number of aromatic nitrogens is 2. The number of hydrogen-bond donors (Lipinski definition) is 1. The van der Waals surface area contributed by atoms with Gasteiger partial charge in [0.15, 0.2) is 5.96 Å². The predicted molar refractivity (Wildman–Crippen MR) is 105 cm³/mol. The van der Waals surface area contributed by atoms with Crippen molar-refractivity contribution in [2.45, 2.75) is 26.3 Å². The third-order valence-corrected chi connectivity index (χ3v) is 4.76. The van der Waals surface area contributed by atoms with Gasteiger partial charge in [-0.2, -0.15) is 0 Å². The molecule has 0 saturated carbocycles. The van der Waals surface area contributed by atoms with Crippen LogP contribution >= 0.6 is 0 Å². The molecule has 0 radical (unpaired) electrons. The number of para-hydroxylation sites is 1. The fourth-order valence-corrected chi connectivity index (χ4v) is 3.44. The van der Waals surface area contributed by atoms with Crippen molar-refractivity contribution < 1.29 is 9.53 Å². The molecule has 1 aliphatic heterocycles. The maximum Gasteiger partial charge on any atom is 0.310 e. The largest absolute Gasteiger partial charge is 0.466 e. The van der Waals surface area contributed by atoms with E-state index >= 15 is 0 Å². The number of aliphatic imine (C=N–C) groups is 1. The van der Waals surface area contributed by atoms with E-state index in [-0.39, 0.29) is 11.9 Å². The Morgan fingerprint density at radius 1 is 1.41 bits per heavy atom. The highest BCUT2D eigenvalue weighted by Crippen LogP contribution is 2.19. The molecule has 144 valence electrons. The van der Waals surface area contributed by atoms with E-state index in [1.807, 2.05) is 29.8 Å². The summed E-state index contributed by atoms with van der Waals surface area (Å²) in [5, 5.41) is 3.44. The monoisotopic (exact) mass is 369 g/mol. The number of hydrogen-bond acceptors (Lipinski definition) is 4. The molecule has 1 saturated heterocycles. The van der Waals surface area contributed by atoms with Crippen molar-refractivity contribution in [3.8, 4) is 5.69 Å². The Balaban J connectivity index is 1.66. The van der Waals surface area contributed by atoms with Crippen LogP contribution in [0.2, 0.25) is 0 Å². The van der Waals surface area contributed by atoms with E-state index in [9.17, 15) is 4.79 Å². The first-order valence-electron chi connectivity index (χ1n) is 9.41. The van der Waals surface area contributed by atoms with Gasteiger partial charge in [0, 0.05) is 39.1 Å². The van der Waals surface area contributed by atoms with Crippen molar-refractivity contribution in [3.63, 3.8) is 0 Å². The highest BCUT2D eigenvalue weighted by Gasteiger charge is 2.28. The molecule has 2 heterocycles. The maximum atomic E-state index is 12.1. The number of benzene rings is 1. The molecule has 1 atom stereocenters. The molecule has 1 fully saturated rings. The summed E-state index contributed by atoms with van der Waals surface area (Å²) in [6, 6.07) is 8.20. The topological polar surface area (TPSA) is 71.8 Å². The summed E-state index contributed by atoms with van der Waals surface area (Å²) >= 11 is 0. The molecular weight excluding hydrogens is 342 g/mol. The van der Waals surface area contributed by atoms with Crippen LogP contribution in [0, 0.1) is 5.92 Å². The van der Waals surface area contributed by atoms with E-state index in [1.54, 1.807) is 19.6 Å². The van der Waals surface area contributed by atoms with Crippen LogP contribution in [0.25, 0.3) is 5.69 Å². The molecule has 1 unspecified atom stereocenters. The van der Waals surface area contributed by atoms with Crippen LogP contribution in [0.1, 0.15) is 25.3 Å². The zero-order chi connectivity index (χ0) is 19.1. The van der Waals surface area contributed by atoms with Crippen LogP contribution in [0.3, 0.4) is 0 Å². The van der Waals surface area contributed by atoms with Crippen LogP contribution in [0.5, 0.6) is 0 Å². The Bertz CT molecular complexity index is 772. The Morgan fingerprint density at radius 2 is 2.26 bits per heavy atom. The van der Waals surface area contributed by atoms with Gasteiger partial charge >= 0.3 is 5.97 Å². The molecule has 0 spiro atoms. The first kappa shape index (κ1) is 18.9. The molecule has 1 aromatic heterocycles. The van der Waals surface area contributed by atoms with E-state index < -0.39 is 0 Å². The summed E-state index contributed by atoms with van der Waals surface area (Å²) in [6.45, 7) is 4.44. The minimum atomic E-state index is -0.108. The average molecular weight is 369 g/mol. The number of likely N-dealkylation sites (tertiary alicyclic amines) is 1. The van der Waals surface area contributed by atoms with Crippen LogP contribution in [0.15, 0.2) is 48.0 Å². The molecule has 3 rings (SSSR count). The lowest BCUT2D eigenvalue weighted by atomic mass is 9.98. The van der Waals surface area contributed by atoms with Crippen molar-refractivity contribution in [2.24, 2.45) is 10.9 Å². The van der Waals surface area contributed by atoms with Gasteiger partial charge in [0.05, 0.1) is 24.5 Å². The minimum Gasteiger partial charge on any atom is -0.466 e. The minimum absolute atomic E-state index is 0.0875. The summed E-state index contributed by atoms with van der Waals surface area (Å²) in [4.78, 5) is 22.8. The van der Waals surface area contributed by atoms with E-state index in [2.05, 4.69) is 32.3 Å². The van der Waals surface area contributed by atoms with Gasteiger partial charge < -0.3 is 19.5 Å². The highest BCUT2D eigenvalue weighted by atomic mass is 16.5. The average Bonchev–Trinajstić information content (AvgIpc) is 3.24. The quantitative estimate of drug-likeness (QED) is 0.497. The number of imidazole rings is 1.